The average molecular weight is 302 g/mol. The van der Waals surface area contributed by atoms with Crippen LogP contribution in [0.25, 0.3) is 0 Å². The van der Waals surface area contributed by atoms with E-state index < -0.39 is 11.9 Å². The number of rotatable bonds is 7. The number of amides is 1. The quantitative estimate of drug-likeness (QED) is 0.810. The van der Waals surface area contributed by atoms with E-state index in [0.717, 1.165) is 11.1 Å². The summed E-state index contributed by atoms with van der Waals surface area (Å²) in [7, 11) is 0. The summed E-state index contributed by atoms with van der Waals surface area (Å²) in [5.41, 5.74) is 2.54. The van der Waals surface area contributed by atoms with Crippen LogP contribution in [0, 0.1) is 12.8 Å². The molecule has 0 bridgehead atoms. The molecule has 6 nitrogen and oxygen atoms in total. The maximum absolute atomic E-state index is 11.8. The summed E-state index contributed by atoms with van der Waals surface area (Å²) in [6.07, 6.45) is 1.84. The second-order valence-corrected chi connectivity index (χ2v) is 5.20. The maximum Gasteiger partial charge on any atom is 0.308 e. The van der Waals surface area contributed by atoms with Gasteiger partial charge in [-0.2, -0.15) is 0 Å². The minimum Gasteiger partial charge on any atom is -0.481 e. The Balaban J connectivity index is 1.89. The van der Waals surface area contributed by atoms with Crippen molar-refractivity contribution >= 4 is 11.9 Å². The molecule has 6 heteroatoms. The highest BCUT2D eigenvalue weighted by molar-refractivity contribution is 5.79. The van der Waals surface area contributed by atoms with E-state index in [4.69, 9.17) is 0 Å². The molecule has 0 radical (unpaired) electrons. The molecule has 116 valence electrons. The molecule has 1 atom stereocenters. The fourth-order valence-corrected chi connectivity index (χ4v) is 2.16. The zero-order valence-corrected chi connectivity index (χ0v) is 12.3. The van der Waals surface area contributed by atoms with Gasteiger partial charge in [-0.05, 0) is 18.9 Å². The fraction of sp³-hybridized carbons (Fsp3) is 0.312. The number of hydrogen-bond donors (Lipinski definition) is 2. The van der Waals surface area contributed by atoms with E-state index in [1.54, 1.807) is 6.07 Å². The van der Waals surface area contributed by atoms with E-state index in [9.17, 15) is 14.7 Å². The van der Waals surface area contributed by atoms with Gasteiger partial charge in [-0.15, -0.1) is 0 Å². The lowest BCUT2D eigenvalue weighted by atomic mass is 9.98. The van der Waals surface area contributed by atoms with Crippen LogP contribution in [0.3, 0.4) is 0 Å². The van der Waals surface area contributed by atoms with Crippen LogP contribution in [0.4, 0.5) is 0 Å². The van der Waals surface area contributed by atoms with Crippen LogP contribution in [-0.4, -0.2) is 28.7 Å². The van der Waals surface area contributed by atoms with Gasteiger partial charge in [0.25, 0.3) is 0 Å². The Bertz CT molecular complexity index is 637. The first kappa shape index (κ1) is 15.8. The minimum atomic E-state index is -0.928. The van der Waals surface area contributed by atoms with Crippen molar-refractivity contribution in [3.63, 3.8) is 0 Å². The highest BCUT2D eigenvalue weighted by Crippen LogP contribution is 2.11. The number of aliphatic carboxylic acids is 1. The molecule has 0 aliphatic carbocycles. The van der Waals surface area contributed by atoms with Crippen molar-refractivity contribution < 1.29 is 19.2 Å². The van der Waals surface area contributed by atoms with E-state index in [2.05, 4.69) is 15.0 Å². The fourth-order valence-electron chi connectivity index (χ4n) is 2.16. The zero-order chi connectivity index (χ0) is 15.9. The van der Waals surface area contributed by atoms with Gasteiger partial charge in [0, 0.05) is 12.6 Å². The lowest BCUT2D eigenvalue weighted by molar-refractivity contribution is -0.141. The second kappa shape index (κ2) is 7.40. The number of nitrogens with one attached hydrogen (secondary N) is 1. The van der Waals surface area contributed by atoms with Crippen molar-refractivity contribution in [2.24, 2.45) is 5.92 Å². The van der Waals surface area contributed by atoms with Crippen molar-refractivity contribution in [1.82, 2.24) is 10.5 Å². The van der Waals surface area contributed by atoms with Crippen LogP contribution in [0.1, 0.15) is 16.8 Å². The molecular weight excluding hydrogens is 284 g/mol. The Morgan fingerprint density at radius 2 is 2.18 bits per heavy atom. The normalized spacial score (nSPS) is 11.9. The topological polar surface area (TPSA) is 92.4 Å². The standard InChI is InChI=1S/C16H18N2O4/c1-11-3-2-4-12(7-11)8-13(16(20)21)10-17-15(19)9-14-5-6-22-18-14/h2-7,13H,8-10H2,1H3,(H,17,19)(H,20,21). The molecule has 2 N–H and O–H groups in total. The lowest BCUT2D eigenvalue weighted by Crippen LogP contribution is -2.35. The van der Waals surface area contributed by atoms with Gasteiger partial charge in [0.2, 0.25) is 5.91 Å². The first-order valence-corrected chi connectivity index (χ1v) is 6.99. The number of hydrogen-bond acceptors (Lipinski definition) is 4. The number of benzene rings is 1. The zero-order valence-electron chi connectivity index (χ0n) is 12.3. The summed E-state index contributed by atoms with van der Waals surface area (Å²) in [5.74, 6) is -1.87. The minimum absolute atomic E-state index is 0.0767. The average Bonchev–Trinajstić information content (AvgIpc) is 2.96. The van der Waals surface area contributed by atoms with Crippen LogP contribution in [-0.2, 0) is 22.4 Å². The molecule has 0 saturated heterocycles. The Hall–Kier alpha value is -2.63. The van der Waals surface area contributed by atoms with E-state index in [1.807, 2.05) is 31.2 Å². The first-order chi connectivity index (χ1) is 10.5. The first-order valence-electron chi connectivity index (χ1n) is 6.99. The molecule has 0 aliphatic heterocycles. The predicted octanol–water partition coefficient (Wildman–Crippen LogP) is 1.59. The highest BCUT2D eigenvalue weighted by atomic mass is 16.5. The summed E-state index contributed by atoms with van der Waals surface area (Å²) in [6.45, 7) is 2.04. The summed E-state index contributed by atoms with van der Waals surface area (Å²) in [6, 6.07) is 9.29. The molecule has 1 amide bonds. The molecule has 0 aliphatic rings. The van der Waals surface area contributed by atoms with Crippen molar-refractivity contribution in [3.05, 3.63) is 53.4 Å². The molecule has 0 fully saturated rings. The van der Waals surface area contributed by atoms with E-state index in [1.165, 1.54) is 6.26 Å². The van der Waals surface area contributed by atoms with Gasteiger partial charge < -0.3 is 14.9 Å². The van der Waals surface area contributed by atoms with E-state index in [0.29, 0.717) is 12.1 Å². The lowest BCUT2D eigenvalue weighted by Gasteiger charge is -2.13. The van der Waals surface area contributed by atoms with Crippen molar-refractivity contribution in [3.8, 4) is 0 Å². The third-order valence-electron chi connectivity index (χ3n) is 3.29. The third kappa shape index (κ3) is 4.73. The van der Waals surface area contributed by atoms with Gasteiger partial charge in [-0.25, -0.2) is 0 Å². The molecule has 1 unspecified atom stereocenters. The van der Waals surface area contributed by atoms with Crippen molar-refractivity contribution in [2.75, 3.05) is 6.54 Å². The molecule has 1 aromatic carbocycles. The van der Waals surface area contributed by atoms with E-state index in [-0.39, 0.29) is 18.9 Å². The number of carboxylic acids is 1. The summed E-state index contributed by atoms with van der Waals surface area (Å²) in [5, 5.41) is 15.6. The number of carboxylic acid groups (broad SMARTS) is 1. The Morgan fingerprint density at radius 3 is 2.82 bits per heavy atom. The highest BCUT2D eigenvalue weighted by Gasteiger charge is 2.19. The molecule has 1 heterocycles. The largest absolute Gasteiger partial charge is 0.481 e. The summed E-state index contributed by atoms with van der Waals surface area (Å²) in [4.78, 5) is 23.1. The van der Waals surface area contributed by atoms with Gasteiger partial charge in [-0.1, -0.05) is 35.0 Å². The molecule has 0 spiro atoms. The predicted molar refractivity (Wildman–Crippen MR) is 79.2 cm³/mol. The third-order valence-corrected chi connectivity index (χ3v) is 3.29. The number of carbonyl (C=O) groups is 2. The van der Waals surface area contributed by atoms with E-state index >= 15 is 0 Å². The van der Waals surface area contributed by atoms with Crippen molar-refractivity contribution in [2.45, 2.75) is 19.8 Å². The van der Waals surface area contributed by atoms with Crippen LogP contribution in [0.15, 0.2) is 41.1 Å². The van der Waals surface area contributed by atoms with Gasteiger partial charge >= 0.3 is 5.97 Å². The van der Waals surface area contributed by atoms with Crippen LogP contribution in [0.2, 0.25) is 0 Å². The van der Waals surface area contributed by atoms with Crippen LogP contribution < -0.4 is 5.32 Å². The number of aryl methyl sites for hydroxylation is 1. The molecule has 1 aromatic heterocycles. The molecule has 0 saturated carbocycles. The summed E-state index contributed by atoms with van der Waals surface area (Å²) >= 11 is 0. The smallest absolute Gasteiger partial charge is 0.308 e. The maximum atomic E-state index is 11.8. The second-order valence-electron chi connectivity index (χ2n) is 5.20. The molecular formula is C16H18N2O4. The van der Waals surface area contributed by atoms with Crippen LogP contribution >= 0.6 is 0 Å². The van der Waals surface area contributed by atoms with Crippen LogP contribution in [0.5, 0.6) is 0 Å². The van der Waals surface area contributed by atoms with Gasteiger partial charge in [-0.3, -0.25) is 9.59 Å². The Labute approximate surface area is 128 Å². The number of nitrogens with zero attached hydrogens (tertiary/aromatic N) is 1. The van der Waals surface area contributed by atoms with Gasteiger partial charge in [0.1, 0.15) is 6.26 Å². The molecule has 2 aromatic rings. The van der Waals surface area contributed by atoms with Crippen molar-refractivity contribution in [1.29, 1.82) is 0 Å². The SMILES string of the molecule is Cc1cccc(CC(CNC(=O)Cc2ccon2)C(=O)O)c1. The Kier molecular flexibility index (Phi) is 5.30. The Morgan fingerprint density at radius 1 is 1.36 bits per heavy atom. The molecule has 2 rings (SSSR count). The number of aromatic nitrogens is 1. The van der Waals surface area contributed by atoms with Gasteiger partial charge in [0.15, 0.2) is 0 Å². The monoisotopic (exact) mass is 302 g/mol. The van der Waals surface area contributed by atoms with Gasteiger partial charge in [0.05, 0.1) is 18.0 Å². The number of carbonyl (C=O) groups excluding carboxylic acids is 1. The molecule has 22 heavy (non-hydrogen) atoms. The summed E-state index contributed by atoms with van der Waals surface area (Å²) < 4.78 is 4.65.